The normalized spacial score (nSPS) is 28.6. The van der Waals surface area contributed by atoms with E-state index < -0.39 is 5.41 Å². The summed E-state index contributed by atoms with van der Waals surface area (Å²) in [6.45, 7) is 3.95. The van der Waals surface area contributed by atoms with Gasteiger partial charge in [-0.1, -0.05) is 19.1 Å². The second-order valence-electron chi connectivity index (χ2n) is 4.94. The van der Waals surface area contributed by atoms with Crippen LogP contribution in [0.3, 0.4) is 0 Å². The van der Waals surface area contributed by atoms with Gasteiger partial charge in [0.25, 0.3) is 0 Å². The van der Waals surface area contributed by atoms with Crippen molar-refractivity contribution in [3.05, 3.63) is 0 Å². The number of carbonyl (C=O) groups excluding carboxylic acids is 1. The molecule has 4 heteroatoms. The van der Waals surface area contributed by atoms with Crippen LogP contribution in [0, 0.1) is 11.3 Å². The molecule has 1 atom stereocenters. The van der Waals surface area contributed by atoms with Gasteiger partial charge in [-0.3, -0.25) is 4.79 Å². The van der Waals surface area contributed by atoms with Gasteiger partial charge in [0.2, 0.25) is 5.91 Å². The Kier molecular flexibility index (Phi) is 2.71. The molecule has 1 saturated heterocycles. The smallest absolute Gasteiger partial charge is 0.235 e. The van der Waals surface area contributed by atoms with E-state index in [1.807, 2.05) is 4.90 Å². The fraction of sp³-hybridized carbons (Fsp3) is 0.818. The molecular weight excluding hydrogens is 208 g/mol. The van der Waals surface area contributed by atoms with Gasteiger partial charge in [-0.25, -0.2) is 0 Å². The van der Waals surface area contributed by atoms with Crippen molar-refractivity contribution >= 4 is 23.1 Å². The quantitative estimate of drug-likeness (QED) is 0.722. The molecular formula is C11H18N2OS. The summed E-state index contributed by atoms with van der Waals surface area (Å²) in [5.74, 6) is 0.798. The number of hydrogen-bond acceptors (Lipinski definition) is 2. The molecule has 2 N–H and O–H groups in total. The molecule has 0 aromatic rings. The molecule has 0 spiro atoms. The van der Waals surface area contributed by atoms with Crippen LogP contribution in [0.2, 0.25) is 0 Å². The molecule has 1 amide bonds. The Morgan fingerprint density at radius 1 is 1.53 bits per heavy atom. The third kappa shape index (κ3) is 1.87. The molecule has 1 aliphatic heterocycles. The summed E-state index contributed by atoms with van der Waals surface area (Å²) in [7, 11) is 0. The predicted octanol–water partition coefficient (Wildman–Crippen LogP) is 1.31. The first-order valence-corrected chi connectivity index (χ1v) is 6.06. The standard InChI is InChI=1S/C11H18N2OS/c1-8-3-2-6-13(7-8)10(14)11(4-5-11)9(12)15/h8H,2-7H2,1H3,(H2,12,15). The van der Waals surface area contributed by atoms with Crippen molar-refractivity contribution in [3.63, 3.8) is 0 Å². The van der Waals surface area contributed by atoms with E-state index in [4.69, 9.17) is 18.0 Å². The fourth-order valence-electron chi connectivity index (χ4n) is 2.37. The van der Waals surface area contributed by atoms with Gasteiger partial charge < -0.3 is 10.6 Å². The van der Waals surface area contributed by atoms with Gasteiger partial charge in [-0.2, -0.15) is 0 Å². The zero-order valence-electron chi connectivity index (χ0n) is 9.16. The van der Waals surface area contributed by atoms with E-state index in [0.29, 0.717) is 10.9 Å². The van der Waals surface area contributed by atoms with Gasteiger partial charge in [0, 0.05) is 13.1 Å². The number of hydrogen-bond donors (Lipinski definition) is 1. The lowest BCUT2D eigenvalue weighted by Crippen LogP contribution is -2.46. The first-order valence-electron chi connectivity index (χ1n) is 5.65. The molecule has 0 bridgehead atoms. The third-order valence-electron chi connectivity index (χ3n) is 3.58. The number of nitrogens with two attached hydrogens (primary N) is 1. The highest BCUT2D eigenvalue weighted by atomic mass is 32.1. The Balaban J connectivity index is 2.04. The van der Waals surface area contributed by atoms with Crippen LogP contribution in [-0.2, 0) is 4.79 Å². The van der Waals surface area contributed by atoms with Gasteiger partial charge in [0.15, 0.2) is 0 Å². The molecule has 2 rings (SSSR count). The van der Waals surface area contributed by atoms with Crippen molar-refractivity contribution in [2.45, 2.75) is 32.6 Å². The Morgan fingerprint density at radius 3 is 2.67 bits per heavy atom. The molecule has 2 aliphatic rings. The second-order valence-corrected chi connectivity index (χ2v) is 5.38. The molecule has 1 heterocycles. The molecule has 0 radical (unpaired) electrons. The van der Waals surface area contributed by atoms with Gasteiger partial charge in [-0.05, 0) is 31.6 Å². The van der Waals surface area contributed by atoms with Crippen molar-refractivity contribution in [3.8, 4) is 0 Å². The molecule has 15 heavy (non-hydrogen) atoms. The highest BCUT2D eigenvalue weighted by Crippen LogP contribution is 2.47. The van der Waals surface area contributed by atoms with E-state index in [1.54, 1.807) is 0 Å². The molecule has 1 aliphatic carbocycles. The Bertz CT molecular complexity index is 299. The number of carbonyl (C=O) groups is 1. The number of nitrogens with zero attached hydrogens (tertiary/aromatic N) is 1. The lowest BCUT2D eigenvalue weighted by molar-refractivity contribution is -0.136. The molecule has 2 fully saturated rings. The molecule has 84 valence electrons. The van der Waals surface area contributed by atoms with Crippen molar-refractivity contribution in [2.24, 2.45) is 17.1 Å². The van der Waals surface area contributed by atoms with Crippen LogP contribution < -0.4 is 5.73 Å². The zero-order valence-corrected chi connectivity index (χ0v) is 9.98. The number of rotatable bonds is 2. The number of piperidine rings is 1. The maximum atomic E-state index is 12.2. The van der Waals surface area contributed by atoms with Crippen LogP contribution in [0.15, 0.2) is 0 Å². The molecule has 1 saturated carbocycles. The Labute approximate surface area is 96.0 Å². The summed E-state index contributed by atoms with van der Waals surface area (Å²) in [6.07, 6.45) is 4.04. The first kappa shape index (κ1) is 10.9. The Hall–Kier alpha value is -0.640. The lowest BCUT2D eigenvalue weighted by atomic mass is 9.97. The van der Waals surface area contributed by atoms with Gasteiger partial charge >= 0.3 is 0 Å². The zero-order chi connectivity index (χ0) is 11.1. The second kappa shape index (κ2) is 3.74. The van der Waals surface area contributed by atoms with Crippen LogP contribution in [0.5, 0.6) is 0 Å². The maximum absolute atomic E-state index is 12.2. The summed E-state index contributed by atoms with van der Waals surface area (Å²) in [6, 6.07) is 0. The van der Waals surface area contributed by atoms with Gasteiger partial charge in [0.05, 0.1) is 10.4 Å². The number of thiocarbonyl (C=S) groups is 1. The van der Waals surface area contributed by atoms with Gasteiger partial charge in [-0.15, -0.1) is 0 Å². The minimum absolute atomic E-state index is 0.182. The number of amides is 1. The highest BCUT2D eigenvalue weighted by Gasteiger charge is 2.54. The van der Waals surface area contributed by atoms with Gasteiger partial charge in [0.1, 0.15) is 0 Å². The average Bonchev–Trinajstić information content (AvgIpc) is 2.97. The van der Waals surface area contributed by atoms with Crippen LogP contribution in [0.4, 0.5) is 0 Å². The summed E-state index contributed by atoms with van der Waals surface area (Å²) in [5, 5.41) is 0. The van der Waals surface area contributed by atoms with Crippen LogP contribution in [0.25, 0.3) is 0 Å². The van der Waals surface area contributed by atoms with E-state index in [9.17, 15) is 4.79 Å². The topological polar surface area (TPSA) is 46.3 Å². The van der Waals surface area contributed by atoms with E-state index >= 15 is 0 Å². The molecule has 0 aromatic heterocycles. The molecule has 1 unspecified atom stereocenters. The third-order valence-corrected chi connectivity index (χ3v) is 3.97. The van der Waals surface area contributed by atoms with Crippen LogP contribution in [-0.4, -0.2) is 28.9 Å². The summed E-state index contributed by atoms with van der Waals surface area (Å²) < 4.78 is 0. The van der Waals surface area contributed by atoms with Crippen molar-refractivity contribution in [2.75, 3.05) is 13.1 Å². The van der Waals surface area contributed by atoms with Crippen molar-refractivity contribution in [1.29, 1.82) is 0 Å². The van der Waals surface area contributed by atoms with E-state index in [0.717, 1.165) is 32.4 Å². The summed E-state index contributed by atoms with van der Waals surface area (Å²) in [5.41, 5.74) is 5.21. The number of likely N-dealkylation sites (tertiary alicyclic amines) is 1. The fourth-order valence-corrected chi connectivity index (χ4v) is 2.66. The highest BCUT2D eigenvalue weighted by molar-refractivity contribution is 7.80. The minimum Gasteiger partial charge on any atom is -0.392 e. The predicted molar refractivity (Wildman–Crippen MR) is 63.4 cm³/mol. The van der Waals surface area contributed by atoms with Crippen LogP contribution >= 0.6 is 12.2 Å². The SMILES string of the molecule is CC1CCCN(C(=O)C2(C(N)=S)CC2)C1. The molecule has 0 aromatic carbocycles. The maximum Gasteiger partial charge on any atom is 0.235 e. The summed E-state index contributed by atoms with van der Waals surface area (Å²) >= 11 is 5.00. The monoisotopic (exact) mass is 226 g/mol. The van der Waals surface area contributed by atoms with Crippen LogP contribution in [0.1, 0.15) is 32.6 Å². The Morgan fingerprint density at radius 2 is 2.20 bits per heavy atom. The average molecular weight is 226 g/mol. The van der Waals surface area contributed by atoms with E-state index in [-0.39, 0.29) is 5.91 Å². The van der Waals surface area contributed by atoms with E-state index in [1.165, 1.54) is 6.42 Å². The van der Waals surface area contributed by atoms with Crippen molar-refractivity contribution in [1.82, 2.24) is 4.90 Å². The summed E-state index contributed by atoms with van der Waals surface area (Å²) in [4.78, 5) is 14.6. The van der Waals surface area contributed by atoms with E-state index in [2.05, 4.69) is 6.92 Å². The molecule has 3 nitrogen and oxygen atoms in total. The minimum atomic E-state index is -0.452. The lowest BCUT2D eigenvalue weighted by Gasteiger charge is -2.33. The van der Waals surface area contributed by atoms with Crippen molar-refractivity contribution < 1.29 is 4.79 Å². The first-order chi connectivity index (χ1) is 7.06. The largest absolute Gasteiger partial charge is 0.392 e.